The Labute approximate surface area is 141 Å². The lowest BCUT2D eigenvalue weighted by atomic mass is 9.89. The van der Waals surface area contributed by atoms with E-state index < -0.39 is 21.7 Å². The van der Waals surface area contributed by atoms with E-state index >= 15 is 0 Å². The molecule has 0 spiro atoms. The number of hydrogen-bond acceptors (Lipinski definition) is 4. The van der Waals surface area contributed by atoms with Crippen molar-refractivity contribution >= 4 is 15.9 Å². The predicted molar refractivity (Wildman–Crippen MR) is 91.1 cm³/mol. The van der Waals surface area contributed by atoms with Gasteiger partial charge in [0.25, 0.3) is 5.91 Å². The van der Waals surface area contributed by atoms with Crippen LogP contribution in [0.3, 0.4) is 0 Å². The number of nitrogens with one attached hydrogen (secondary N) is 2. The summed E-state index contributed by atoms with van der Waals surface area (Å²) in [6.07, 6.45) is 0.550. The van der Waals surface area contributed by atoms with E-state index in [2.05, 4.69) is 4.72 Å². The molecular weight excluding hydrogens is 328 g/mol. The maximum atomic E-state index is 11.8. The van der Waals surface area contributed by atoms with Crippen LogP contribution in [0.25, 0.3) is 0 Å². The third kappa shape index (κ3) is 5.45. The van der Waals surface area contributed by atoms with Gasteiger partial charge in [-0.3, -0.25) is 10.0 Å². The van der Waals surface area contributed by atoms with Crippen LogP contribution in [0.2, 0.25) is 0 Å². The number of amides is 1. The molecule has 2 aromatic carbocycles. The second kappa shape index (κ2) is 8.58. The number of carbonyl (C=O) groups is 1. The number of benzene rings is 2. The van der Waals surface area contributed by atoms with Crippen LogP contribution in [-0.2, 0) is 14.8 Å². The highest BCUT2D eigenvalue weighted by Crippen LogP contribution is 2.27. The molecule has 0 aromatic heterocycles. The molecule has 24 heavy (non-hydrogen) atoms. The molecule has 128 valence electrons. The van der Waals surface area contributed by atoms with Gasteiger partial charge in [0.2, 0.25) is 10.0 Å². The summed E-state index contributed by atoms with van der Waals surface area (Å²) in [7, 11) is -3.77. The Hall–Kier alpha value is -2.22. The molecule has 7 heteroatoms. The Morgan fingerprint density at radius 3 is 1.92 bits per heavy atom. The van der Waals surface area contributed by atoms with E-state index in [1.54, 1.807) is 0 Å². The normalized spacial score (nSPS) is 11.4. The summed E-state index contributed by atoms with van der Waals surface area (Å²) >= 11 is 0. The molecule has 3 N–H and O–H groups in total. The first-order chi connectivity index (χ1) is 11.5. The van der Waals surface area contributed by atoms with Crippen molar-refractivity contribution in [3.05, 3.63) is 71.8 Å². The zero-order chi connectivity index (χ0) is 17.4. The molecule has 0 saturated carbocycles. The molecule has 0 bridgehead atoms. The lowest BCUT2D eigenvalue weighted by Crippen LogP contribution is -2.35. The van der Waals surface area contributed by atoms with Crippen LogP contribution < -0.4 is 10.2 Å². The van der Waals surface area contributed by atoms with Gasteiger partial charge in [-0.05, 0) is 17.5 Å². The van der Waals surface area contributed by atoms with E-state index in [0.29, 0.717) is 6.42 Å². The maximum absolute atomic E-state index is 11.8. The van der Waals surface area contributed by atoms with Gasteiger partial charge in [-0.1, -0.05) is 60.7 Å². The zero-order valence-electron chi connectivity index (χ0n) is 13.1. The SMILES string of the molecule is O=C(CS(=O)(=O)NCCC(c1ccccc1)c1ccccc1)NO. The molecule has 0 fully saturated rings. The fourth-order valence-corrected chi connectivity index (χ4v) is 3.45. The third-order valence-electron chi connectivity index (χ3n) is 3.60. The number of sulfonamides is 1. The summed E-state index contributed by atoms with van der Waals surface area (Å²) in [6.45, 7) is 0.190. The smallest absolute Gasteiger partial charge is 0.259 e. The summed E-state index contributed by atoms with van der Waals surface area (Å²) in [5, 5.41) is 8.42. The van der Waals surface area contributed by atoms with E-state index in [-0.39, 0.29) is 12.5 Å². The minimum Gasteiger partial charge on any atom is -0.289 e. The molecule has 0 radical (unpaired) electrons. The molecule has 6 nitrogen and oxygen atoms in total. The van der Waals surface area contributed by atoms with Gasteiger partial charge in [0.1, 0.15) is 5.75 Å². The quantitative estimate of drug-likeness (QED) is 0.499. The van der Waals surface area contributed by atoms with Crippen LogP contribution in [-0.4, -0.2) is 31.8 Å². The summed E-state index contributed by atoms with van der Waals surface area (Å²) in [5.41, 5.74) is 3.50. The van der Waals surface area contributed by atoms with Crippen molar-refractivity contribution in [2.75, 3.05) is 12.3 Å². The van der Waals surface area contributed by atoms with Gasteiger partial charge in [0.15, 0.2) is 0 Å². The highest BCUT2D eigenvalue weighted by atomic mass is 32.2. The average molecular weight is 348 g/mol. The predicted octanol–water partition coefficient (Wildman–Crippen LogP) is 1.63. The monoisotopic (exact) mass is 348 g/mol. The lowest BCUT2D eigenvalue weighted by molar-refractivity contribution is -0.126. The largest absolute Gasteiger partial charge is 0.289 e. The van der Waals surface area contributed by atoms with Crippen LogP contribution in [0.4, 0.5) is 0 Å². The molecule has 0 saturated heterocycles. The fourth-order valence-electron chi connectivity index (χ4n) is 2.51. The van der Waals surface area contributed by atoms with Crippen LogP contribution >= 0.6 is 0 Å². The van der Waals surface area contributed by atoms with Gasteiger partial charge < -0.3 is 0 Å². The standard InChI is InChI=1S/C17H20N2O4S/c20-17(19-21)13-24(22,23)18-12-11-16(14-7-3-1-4-8-14)15-9-5-2-6-10-15/h1-10,16,18,21H,11-13H2,(H,19,20). The van der Waals surface area contributed by atoms with Crippen LogP contribution in [0, 0.1) is 0 Å². The van der Waals surface area contributed by atoms with E-state index in [4.69, 9.17) is 5.21 Å². The van der Waals surface area contributed by atoms with Crippen LogP contribution in [0.1, 0.15) is 23.5 Å². The van der Waals surface area contributed by atoms with Gasteiger partial charge in [-0.25, -0.2) is 18.6 Å². The van der Waals surface area contributed by atoms with Gasteiger partial charge in [-0.2, -0.15) is 0 Å². The van der Waals surface area contributed by atoms with Gasteiger partial charge in [0.05, 0.1) is 0 Å². The molecule has 0 atom stereocenters. The van der Waals surface area contributed by atoms with Crippen molar-refractivity contribution < 1.29 is 18.4 Å². The van der Waals surface area contributed by atoms with Crippen molar-refractivity contribution in [1.82, 2.24) is 10.2 Å². The zero-order valence-corrected chi connectivity index (χ0v) is 13.9. The number of rotatable bonds is 8. The summed E-state index contributed by atoms with van der Waals surface area (Å²) < 4.78 is 25.9. The first-order valence-electron chi connectivity index (χ1n) is 7.52. The highest BCUT2D eigenvalue weighted by molar-refractivity contribution is 7.90. The second-order valence-corrected chi connectivity index (χ2v) is 7.16. The maximum Gasteiger partial charge on any atom is 0.259 e. The Morgan fingerprint density at radius 2 is 1.46 bits per heavy atom. The Balaban J connectivity index is 2.06. The summed E-state index contributed by atoms with van der Waals surface area (Å²) in [5.74, 6) is -1.72. The molecule has 0 aliphatic heterocycles. The van der Waals surface area contributed by atoms with Crippen LogP contribution in [0.5, 0.6) is 0 Å². The van der Waals surface area contributed by atoms with Crippen molar-refractivity contribution in [3.8, 4) is 0 Å². The fraction of sp³-hybridized carbons (Fsp3) is 0.235. The van der Waals surface area contributed by atoms with E-state index in [1.807, 2.05) is 60.7 Å². The lowest BCUT2D eigenvalue weighted by Gasteiger charge is -2.18. The van der Waals surface area contributed by atoms with Gasteiger partial charge in [0, 0.05) is 12.5 Å². The highest BCUT2D eigenvalue weighted by Gasteiger charge is 2.18. The third-order valence-corrected chi connectivity index (χ3v) is 4.89. The first-order valence-corrected chi connectivity index (χ1v) is 9.17. The summed E-state index contributed by atoms with van der Waals surface area (Å²) in [6, 6.07) is 19.7. The number of hydrogen-bond donors (Lipinski definition) is 3. The van der Waals surface area contributed by atoms with Crippen molar-refractivity contribution in [2.24, 2.45) is 0 Å². The molecular formula is C17H20N2O4S. The Morgan fingerprint density at radius 1 is 0.958 bits per heavy atom. The molecule has 0 aliphatic rings. The van der Waals surface area contributed by atoms with Crippen LogP contribution in [0.15, 0.2) is 60.7 Å². The molecule has 2 rings (SSSR count). The minimum atomic E-state index is -3.77. The van der Waals surface area contributed by atoms with Gasteiger partial charge >= 0.3 is 0 Å². The molecule has 1 amide bonds. The number of carbonyl (C=O) groups excluding carboxylic acids is 1. The Bertz CT molecular complexity index is 709. The molecule has 0 unspecified atom stereocenters. The van der Waals surface area contributed by atoms with E-state index in [9.17, 15) is 13.2 Å². The second-order valence-electron chi connectivity index (χ2n) is 5.35. The summed E-state index contributed by atoms with van der Waals surface area (Å²) in [4.78, 5) is 11.0. The van der Waals surface area contributed by atoms with Crippen molar-refractivity contribution in [1.29, 1.82) is 0 Å². The van der Waals surface area contributed by atoms with Crippen molar-refractivity contribution in [2.45, 2.75) is 12.3 Å². The molecule has 0 heterocycles. The Kier molecular flexibility index (Phi) is 6.48. The topological polar surface area (TPSA) is 95.5 Å². The van der Waals surface area contributed by atoms with E-state index in [0.717, 1.165) is 11.1 Å². The van der Waals surface area contributed by atoms with E-state index in [1.165, 1.54) is 5.48 Å². The minimum absolute atomic E-state index is 0.0433. The van der Waals surface area contributed by atoms with Gasteiger partial charge in [-0.15, -0.1) is 0 Å². The number of hydroxylamine groups is 1. The average Bonchev–Trinajstić information content (AvgIpc) is 2.59. The molecule has 0 aliphatic carbocycles. The van der Waals surface area contributed by atoms with Crippen molar-refractivity contribution in [3.63, 3.8) is 0 Å². The molecule has 2 aromatic rings. The first kappa shape index (κ1) is 18.1.